The Hall–Kier alpha value is -3.33. The lowest BCUT2D eigenvalue weighted by Crippen LogP contribution is -2.14. The highest BCUT2D eigenvalue weighted by Crippen LogP contribution is 2.30. The van der Waals surface area contributed by atoms with E-state index in [2.05, 4.69) is 20.4 Å². The van der Waals surface area contributed by atoms with E-state index in [1.807, 2.05) is 18.2 Å². The molecule has 4 aromatic rings. The number of hydrogen-bond acceptors (Lipinski definition) is 6. The molecule has 0 radical (unpaired) electrons. The quantitative estimate of drug-likeness (QED) is 0.542. The zero-order valence-corrected chi connectivity index (χ0v) is 16.6. The fourth-order valence-corrected chi connectivity index (χ4v) is 4.29. The van der Waals surface area contributed by atoms with Gasteiger partial charge in [-0.1, -0.05) is 18.2 Å². The molecule has 0 spiro atoms. The van der Waals surface area contributed by atoms with Crippen molar-refractivity contribution in [3.63, 3.8) is 0 Å². The molecule has 0 saturated heterocycles. The van der Waals surface area contributed by atoms with Crippen molar-refractivity contribution in [2.24, 2.45) is 0 Å². The van der Waals surface area contributed by atoms with E-state index in [4.69, 9.17) is 0 Å². The summed E-state index contributed by atoms with van der Waals surface area (Å²) in [7, 11) is -3.58. The number of anilines is 1. The fraction of sp³-hybridized carbons (Fsp3) is 0.150. The Morgan fingerprint density at radius 1 is 1.14 bits per heavy atom. The lowest BCUT2D eigenvalue weighted by atomic mass is 10.1. The number of benzene rings is 1. The van der Waals surface area contributed by atoms with Gasteiger partial charge in [0.1, 0.15) is 10.7 Å². The van der Waals surface area contributed by atoms with E-state index in [-0.39, 0.29) is 10.7 Å². The Morgan fingerprint density at radius 2 is 1.90 bits per heavy atom. The third kappa shape index (κ3) is 3.68. The van der Waals surface area contributed by atoms with Crippen molar-refractivity contribution >= 4 is 21.3 Å². The second-order valence-corrected chi connectivity index (χ2v) is 8.57. The van der Waals surface area contributed by atoms with Gasteiger partial charge in [0.2, 0.25) is 0 Å². The van der Waals surface area contributed by atoms with E-state index in [0.717, 1.165) is 17.5 Å². The lowest BCUT2D eigenvalue weighted by Gasteiger charge is -2.14. The Kier molecular flexibility index (Phi) is 4.75. The lowest BCUT2D eigenvalue weighted by molar-refractivity contribution is 0.600. The maximum atomic E-state index is 13.3. The average Bonchev–Trinajstić information content (AvgIpc) is 3.10. The number of aromatic nitrogens is 4. The van der Waals surface area contributed by atoms with Crippen molar-refractivity contribution in [2.45, 2.75) is 18.4 Å². The molecule has 3 heterocycles. The summed E-state index contributed by atoms with van der Waals surface area (Å²) >= 11 is 0. The highest BCUT2D eigenvalue weighted by molar-refractivity contribution is 7.91. The van der Waals surface area contributed by atoms with Crippen LogP contribution in [-0.4, -0.2) is 34.3 Å². The van der Waals surface area contributed by atoms with Crippen molar-refractivity contribution in [1.29, 1.82) is 0 Å². The van der Waals surface area contributed by atoms with Crippen LogP contribution >= 0.6 is 0 Å². The number of aryl methyl sites for hydroxylation is 1. The van der Waals surface area contributed by atoms with Crippen molar-refractivity contribution in [1.82, 2.24) is 19.6 Å². The van der Waals surface area contributed by atoms with Gasteiger partial charge < -0.3 is 5.32 Å². The van der Waals surface area contributed by atoms with E-state index in [9.17, 15) is 12.8 Å². The third-order valence-corrected chi connectivity index (χ3v) is 5.69. The molecule has 0 saturated carbocycles. The number of rotatable bonds is 5. The minimum Gasteiger partial charge on any atom is -0.363 e. The summed E-state index contributed by atoms with van der Waals surface area (Å²) in [5.74, 6) is -0.0274. The van der Waals surface area contributed by atoms with Gasteiger partial charge >= 0.3 is 0 Å². The monoisotopic (exact) mass is 411 g/mol. The summed E-state index contributed by atoms with van der Waals surface area (Å²) in [6.07, 6.45) is 4.40. The number of sulfone groups is 1. The van der Waals surface area contributed by atoms with Gasteiger partial charge in [0.15, 0.2) is 21.3 Å². The molecular formula is C20H18FN5O2S. The summed E-state index contributed by atoms with van der Waals surface area (Å²) in [4.78, 5) is 8.82. The van der Waals surface area contributed by atoms with Crippen LogP contribution < -0.4 is 5.32 Å². The van der Waals surface area contributed by atoms with Crippen LogP contribution in [0.25, 0.3) is 16.8 Å². The minimum absolute atomic E-state index is 0.0784. The van der Waals surface area contributed by atoms with Crippen molar-refractivity contribution < 1.29 is 12.8 Å². The molecule has 1 aromatic carbocycles. The maximum absolute atomic E-state index is 13.3. The number of pyridine rings is 1. The first kappa shape index (κ1) is 19.0. The first-order valence-corrected chi connectivity index (χ1v) is 10.7. The van der Waals surface area contributed by atoms with E-state index < -0.39 is 9.84 Å². The number of halogens is 1. The van der Waals surface area contributed by atoms with Crippen LogP contribution in [0.5, 0.6) is 0 Å². The van der Waals surface area contributed by atoms with Crippen LogP contribution in [0.1, 0.15) is 11.4 Å². The molecule has 9 heteroatoms. The molecule has 29 heavy (non-hydrogen) atoms. The molecule has 0 aliphatic rings. The summed E-state index contributed by atoms with van der Waals surface area (Å²) in [5, 5.41) is 7.51. The minimum atomic E-state index is -3.58. The standard InChI is InChI=1S/C20H18FN5O2S/c1-13-18(29(2,27)28)20(23-11-16-5-3-4-10-22-16)26-19(25-13)17(12-24-26)14-6-8-15(21)9-7-14/h3-10,12,23H,11H2,1-2H3. The Balaban J connectivity index is 1.89. The molecule has 3 aromatic heterocycles. The molecule has 0 bridgehead atoms. The highest BCUT2D eigenvalue weighted by atomic mass is 32.2. The molecule has 0 aliphatic carbocycles. The molecular weight excluding hydrogens is 393 g/mol. The second kappa shape index (κ2) is 7.25. The van der Waals surface area contributed by atoms with E-state index in [1.54, 1.807) is 31.5 Å². The van der Waals surface area contributed by atoms with E-state index in [1.165, 1.54) is 16.6 Å². The predicted molar refractivity (Wildman–Crippen MR) is 108 cm³/mol. The van der Waals surface area contributed by atoms with Gasteiger partial charge in [0, 0.05) is 18.0 Å². The third-order valence-electron chi connectivity index (χ3n) is 4.46. The van der Waals surface area contributed by atoms with Gasteiger partial charge in [-0.2, -0.15) is 9.61 Å². The molecule has 0 atom stereocenters. The Morgan fingerprint density at radius 3 is 2.55 bits per heavy atom. The van der Waals surface area contributed by atoms with Crippen molar-refractivity contribution in [3.8, 4) is 11.1 Å². The first-order chi connectivity index (χ1) is 13.8. The van der Waals surface area contributed by atoms with Gasteiger partial charge in [0.25, 0.3) is 0 Å². The van der Waals surface area contributed by atoms with Gasteiger partial charge in [-0.3, -0.25) is 4.98 Å². The summed E-state index contributed by atoms with van der Waals surface area (Å²) in [6.45, 7) is 1.96. The zero-order chi connectivity index (χ0) is 20.6. The van der Waals surface area contributed by atoms with E-state index in [0.29, 0.717) is 29.3 Å². The zero-order valence-electron chi connectivity index (χ0n) is 15.8. The van der Waals surface area contributed by atoms with Gasteiger partial charge in [0.05, 0.1) is 24.1 Å². The molecule has 1 N–H and O–H groups in total. The number of fused-ring (bicyclic) bond motifs is 1. The van der Waals surface area contributed by atoms with Crippen LogP contribution in [0.4, 0.5) is 10.2 Å². The SMILES string of the molecule is Cc1nc2c(-c3ccc(F)cc3)cnn2c(NCc2ccccn2)c1S(C)(=O)=O. The summed E-state index contributed by atoms with van der Waals surface area (Å²) in [5.41, 5.74) is 2.99. The number of hydrogen-bond donors (Lipinski definition) is 1. The Labute approximate surface area is 167 Å². The van der Waals surface area contributed by atoms with Crippen LogP contribution in [0.3, 0.4) is 0 Å². The van der Waals surface area contributed by atoms with Crippen molar-refractivity contribution in [2.75, 3.05) is 11.6 Å². The largest absolute Gasteiger partial charge is 0.363 e. The fourth-order valence-electron chi connectivity index (χ4n) is 3.20. The van der Waals surface area contributed by atoms with E-state index >= 15 is 0 Å². The maximum Gasteiger partial charge on any atom is 0.180 e. The second-order valence-electron chi connectivity index (χ2n) is 6.62. The molecule has 0 unspecified atom stereocenters. The first-order valence-electron chi connectivity index (χ1n) is 8.82. The smallest absolute Gasteiger partial charge is 0.180 e. The van der Waals surface area contributed by atoms with Gasteiger partial charge in [-0.15, -0.1) is 0 Å². The molecule has 0 fully saturated rings. The number of nitrogens with zero attached hydrogens (tertiary/aromatic N) is 4. The Bertz CT molecular complexity index is 1290. The van der Waals surface area contributed by atoms with Gasteiger partial charge in [-0.05, 0) is 36.8 Å². The van der Waals surface area contributed by atoms with Crippen molar-refractivity contribution in [3.05, 3.63) is 72.1 Å². The topological polar surface area (TPSA) is 89.2 Å². The molecule has 7 nitrogen and oxygen atoms in total. The summed E-state index contributed by atoms with van der Waals surface area (Å²) < 4.78 is 39.7. The van der Waals surface area contributed by atoms with Crippen LogP contribution in [0.15, 0.2) is 59.8 Å². The van der Waals surface area contributed by atoms with Crippen LogP contribution in [0, 0.1) is 12.7 Å². The molecule has 4 rings (SSSR count). The predicted octanol–water partition coefficient (Wildman–Crippen LogP) is 3.25. The van der Waals surface area contributed by atoms with Crippen LogP contribution in [-0.2, 0) is 16.4 Å². The summed E-state index contributed by atoms with van der Waals surface area (Å²) in [6, 6.07) is 11.5. The van der Waals surface area contributed by atoms with Gasteiger partial charge in [-0.25, -0.2) is 17.8 Å². The highest BCUT2D eigenvalue weighted by Gasteiger charge is 2.23. The normalized spacial score (nSPS) is 11.7. The molecule has 0 amide bonds. The molecule has 148 valence electrons. The average molecular weight is 411 g/mol. The van der Waals surface area contributed by atoms with Crippen LogP contribution in [0.2, 0.25) is 0 Å². The number of nitrogens with one attached hydrogen (secondary N) is 1. The molecule has 0 aliphatic heterocycles.